The monoisotopic (exact) mass is 538 g/mol. The quantitative estimate of drug-likeness (QED) is 0.100. The van der Waals surface area contributed by atoms with E-state index in [0.717, 1.165) is 46.4 Å². The number of esters is 1. The van der Waals surface area contributed by atoms with Gasteiger partial charge in [0.25, 0.3) is 0 Å². The minimum absolute atomic E-state index is 0.114. The van der Waals surface area contributed by atoms with Crippen LogP contribution in [0.4, 0.5) is 0 Å². The number of unbranched alkanes of at least 4 members (excludes halogenated alkanes) is 2. The third-order valence-electron chi connectivity index (χ3n) is 6.78. The molecule has 0 saturated carbocycles. The Balaban J connectivity index is 1.76. The molecule has 0 aliphatic rings. The number of carbonyl (C=O) groups is 1. The zero-order valence-corrected chi connectivity index (χ0v) is 24.2. The van der Waals surface area contributed by atoms with Gasteiger partial charge in [-0.15, -0.1) is 0 Å². The second kappa shape index (κ2) is 16.3. The highest BCUT2D eigenvalue weighted by Gasteiger charge is 2.10. The predicted octanol–water partition coefficient (Wildman–Crippen LogP) is 7.47. The predicted molar refractivity (Wildman–Crippen MR) is 164 cm³/mol. The van der Waals surface area contributed by atoms with Gasteiger partial charge in [0, 0.05) is 23.3 Å². The summed E-state index contributed by atoms with van der Waals surface area (Å²) in [4.78, 5) is 11.7. The van der Waals surface area contributed by atoms with E-state index in [9.17, 15) is 9.90 Å². The molecule has 0 saturated heterocycles. The van der Waals surface area contributed by atoms with E-state index >= 15 is 0 Å². The first-order valence-electron chi connectivity index (χ1n) is 14.4. The molecule has 40 heavy (non-hydrogen) atoms. The van der Waals surface area contributed by atoms with Crippen molar-refractivity contribution in [3.8, 4) is 28.7 Å². The van der Waals surface area contributed by atoms with Crippen molar-refractivity contribution < 1.29 is 19.4 Å². The van der Waals surface area contributed by atoms with Crippen LogP contribution < -0.4 is 4.74 Å². The molecule has 3 aromatic carbocycles. The normalized spacial score (nSPS) is 10.5. The summed E-state index contributed by atoms with van der Waals surface area (Å²) in [5, 5.41) is 9.31. The van der Waals surface area contributed by atoms with E-state index in [0.29, 0.717) is 18.4 Å². The maximum atomic E-state index is 11.7. The smallest absolute Gasteiger partial charge is 0.333 e. The molecule has 0 spiro atoms. The molecular formula is C36H42O4. The van der Waals surface area contributed by atoms with Crippen LogP contribution in [0.25, 0.3) is 11.1 Å². The fraction of sp³-hybridized carbons (Fsp3) is 0.361. The van der Waals surface area contributed by atoms with E-state index in [2.05, 4.69) is 80.8 Å². The minimum atomic E-state index is -0.424. The van der Waals surface area contributed by atoms with Crippen LogP contribution in [0.2, 0.25) is 0 Å². The summed E-state index contributed by atoms with van der Waals surface area (Å²) >= 11 is 0. The van der Waals surface area contributed by atoms with Gasteiger partial charge in [-0.2, -0.15) is 0 Å². The van der Waals surface area contributed by atoms with Crippen LogP contribution in [0.5, 0.6) is 5.75 Å². The van der Waals surface area contributed by atoms with Crippen LogP contribution in [0.1, 0.15) is 74.3 Å². The standard InChI is InChI=1S/C36H42O4/c1-5-7-8-10-28-12-14-29(15-13-28)16-17-31-18-20-33(25-30(31)6-2)34-21-19-32(11-9-22-37)35(26-34)39-23-24-40-36(38)27(3)4/h12-15,18-21,25-26,37H,3,5-11,22-24H2,1-2,4H3. The molecule has 0 bridgehead atoms. The Labute approximate surface area is 240 Å². The van der Waals surface area contributed by atoms with Gasteiger partial charge in [0.15, 0.2) is 0 Å². The molecule has 0 fully saturated rings. The third kappa shape index (κ3) is 9.43. The highest BCUT2D eigenvalue weighted by Crippen LogP contribution is 2.30. The number of rotatable bonds is 14. The summed E-state index contributed by atoms with van der Waals surface area (Å²) in [5.74, 6) is 7.03. The molecular weight excluding hydrogens is 496 g/mol. The second-order valence-corrected chi connectivity index (χ2v) is 10.0. The van der Waals surface area contributed by atoms with Crippen LogP contribution in [0, 0.1) is 11.8 Å². The lowest BCUT2D eigenvalue weighted by Gasteiger charge is -2.14. The van der Waals surface area contributed by atoms with E-state index in [1.807, 2.05) is 12.1 Å². The van der Waals surface area contributed by atoms with Crippen LogP contribution in [-0.4, -0.2) is 30.9 Å². The maximum Gasteiger partial charge on any atom is 0.333 e. The summed E-state index contributed by atoms with van der Waals surface area (Å²) in [6.45, 7) is 10.1. The zero-order valence-electron chi connectivity index (χ0n) is 24.2. The summed E-state index contributed by atoms with van der Waals surface area (Å²) in [7, 11) is 0. The van der Waals surface area contributed by atoms with Gasteiger partial charge in [-0.3, -0.25) is 0 Å². The summed E-state index contributed by atoms with van der Waals surface area (Å²) in [6.07, 6.45) is 7.09. The number of hydrogen-bond donors (Lipinski definition) is 1. The molecule has 0 amide bonds. The van der Waals surface area contributed by atoms with Crippen LogP contribution >= 0.6 is 0 Å². The maximum absolute atomic E-state index is 11.7. The van der Waals surface area contributed by atoms with E-state index in [-0.39, 0.29) is 19.8 Å². The summed E-state index contributed by atoms with van der Waals surface area (Å²) in [6, 6.07) is 21.2. The largest absolute Gasteiger partial charge is 0.490 e. The summed E-state index contributed by atoms with van der Waals surface area (Å²) < 4.78 is 11.2. The van der Waals surface area contributed by atoms with Gasteiger partial charge in [0.05, 0.1) is 0 Å². The number of carbonyl (C=O) groups excluding carboxylic acids is 1. The van der Waals surface area contributed by atoms with E-state index in [1.54, 1.807) is 6.92 Å². The Morgan fingerprint density at radius 1 is 0.850 bits per heavy atom. The van der Waals surface area contributed by atoms with E-state index < -0.39 is 5.97 Å². The Morgan fingerprint density at radius 2 is 1.60 bits per heavy atom. The average Bonchev–Trinajstić information content (AvgIpc) is 2.98. The highest BCUT2D eigenvalue weighted by molar-refractivity contribution is 5.86. The van der Waals surface area contributed by atoms with Gasteiger partial charge in [-0.1, -0.05) is 75.4 Å². The molecule has 0 atom stereocenters. The van der Waals surface area contributed by atoms with Gasteiger partial charge in [-0.05, 0) is 97.2 Å². The second-order valence-electron chi connectivity index (χ2n) is 10.0. The molecule has 3 aromatic rings. The highest BCUT2D eigenvalue weighted by atomic mass is 16.6. The van der Waals surface area contributed by atoms with Crippen molar-refractivity contribution in [3.63, 3.8) is 0 Å². The third-order valence-corrected chi connectivity index (χ3v) is 6.78. The first-order valence-corrected chi connectivity index (χ1v) is 14.4. The van der Waals surface area contributed by atoms with Crippen molar-refractivity contribution >= 4 is 5.97 Å². The van der Waals surface area contributed by atoms with Crippen LogP contribution in [0.15, 0.2) is 72.8 Å². The molecule has 0 aliphatic carbocycles. The van der Waals surface area contributed by atoms with Crippen LogP contribution in [-0.2, 0) is 28.8 Å². The van der Waals surface area contributed by atoms with Gasteiger partial charge in [0.2, 0.25) is 0 Å². The first kappa shape index (κ1) is 30.7. The van der Waals surface area contributed by atoms with Crippen molar-refractivity contribution in [2.75, 3.05) is 19.8 Å². The topological polar surface area (TPSA) is 55.8 Å². The van der Waals surface area contributed by atoms with Crippen LogP contribution in [0.3, 0.4) is 0 Å². The van der Waals surface area contributed by atoms with Crippen molar-refractivity contribution in [1.29, 1.82) is 0 Å². The Bertz CT molecular complexity index is 1330. The molecule has 0 unspecified atom stereocenters. The number of ether oxygens (including phenoxy) is 2. The molecule has 1 N–H and O–H groups in total. The summed E-state index contributed by atoms with van der Waals surface area (Å²) in [5.41, 5.74) is 8.13. The fourth-order valence-electron chi connectivity index (χ4n) is 4.41. The molecule has 0 aromatic heterocycles. The van der Waals surface area contributed by atoms with Gasteiger partial charge < -0.3 is 14.6 Å². The zero-order chi connectivity index (χ0) is 28.7. The lowest BCUT2D eigenvalue weighted by Crippen LogP contribution is -2.13. The van der Waals surface area contributed by atoms with Crippen molar-refractivity contribution in [1.82, 2.24) is 0 Å². The number of aliphatic hydroxyl groups is 1. The number of aryl methyl sites for hydroxylation is 3. The molecule has 4 nitrogen and oxygen atoms in total. The van der Waals surface area contributed by atoms with Crippen molar-refractivity contribution in [2.45, 2.75) is 65.7 Å². The molecule has 0 heterocycles. The minimum Gasteiger partial charge on any atom is -0.490 e. The molecule has 210 valence electrons. The van der Waals surface area contributed by atoms with Gasteiger partial charge in [0.1, 0.15) is 19.0 Å². The van der Waals surface area contributed by atoms with Crippen molar-refractivity contribution in [3.05, 3.63) is 101 Å². The lowest BCUT2D eigenvalue weighted by molar-refractivity contribution is -0.139. The van der Waals surface area contributed by atoms with E-state index in [4.69, 9.17) is 9.47 Å². The number of hydrogen-bond acceptors (Lipinski definition) is 4. The molecule has 3 rings (SSSR count). The molecule has 0 radical (unpaired) electrons. The Kier molecular flexibility index (Phi) is 12.5. The average molecular weight is 539 g/mol. The molecule has 0 aliphatic heterocycles. The Hall–Kier alpha value is -3.81. The lowest BCUT2D eigenvalue weighted by atomic mass is 9.96. The first-order chi connectivity index (χ1) is 19.4. The van der Waals surface area contributed by atoms with Gasteiger partial charge in [-0.25, -0.2) is 4.79 Å². The fourth-order valence-corrected chi connectivity index (χ4v) is 4.41. The van der Waals surface area contributed by atoms with Gasteiger partial charge >= 0.3 is 5.97 Å². The Morgan fingerprint density at radius 3 is 2.30 bits per heavy atom. The number of aliphatic hydroxyl groups excluding tert-OH is 1. The van der Waals surface area contributed by atoms with E-state index in [1.165, 1.54) is 30.4 Å². The number of benzene rings is 3. The van der Waals surface area contributed by atoms with Crippen molar-refractivity contribution in [2.24, 2.45) is 0 Å². The SMILES string of the molecule is C=C(C)C(=O)OCCOc1cc(-c2ccc(C#Cc3ccc(CCCCC)cc3)c(CC)c2)ccc1CCCO. The molecule has 4 heteroatoms.